The first kappa shape index (κ1) is 47.3. The van der Waals surface area contributed by atoms with E-state index in [0.717, 1.165) is 13.8 Å². The van der Waals surface area contributed by atoms with Gasteiger partial charge >= 0.3 is 0 Å². The molecule has 0 bridgehead atoms. The molecule has 20 heteroatoms. The largest absolute Gasteiger partial charge is 0.324 e. The molecule has 0 aromatic heterocycles. The molecule has 0 fully saturated rings. The Morgan fingerprint density at radius 3 is 1.19 bits per heavy atom. The fourth-order valence-corrected chi connectivity index (χ4v) is 6.56. The second kappa shape index (κ2) is 20.9. The number of Topliss-reactive ketones (excluding diaryl/α,β-unsaturated/α-hetero) is 2. The van der Waals surface area contributed by atoms with Crippen LogP contribution in [0.25, 0.3) is 0 Å². The van der Waals surface area contributed by atoms with Crippen molar-refractivity contribution in [1.29, 1.82) is 0 Å². The summed E-state index contributed by atoms with van der Waals surface area (Å²) in [5, 5.41) is 27.5. The van der Waals surface area contributed by atoms with Crippen LogP contribution in [0.15, 0.2) is 105 Å². The number of halogens is 6. The predicted octanol–water partition coefficient (Wildman–Crippen LogP) is 12.1. The van der Waals surface area contributed by atoms with Crippen molar-refractivity contribution in [2.75, 3.05) is 21.3 Å². The van der Waals surface area contributed by atoms with Gasteiger partial charge in [-0.1, -0.05) is 81.7 Å². The monoisotopic (exact) mass is 954 g/mol. The molecule has 14 nitrogen and oxygen atoms in total. The zero-order valence-corrected chi connectivity index (χ0v) is 37.3. The molecule has 4 amide bonds. The summed E-state index contributed by atoms with van der Waals surface area (Å²) in [6.45, 7) is 5.64. The minimum atomic E-state index is -1.60. The van der Waals surface area contributed by atoms with E-state index in [1.165, 1.54) is 72.8 Å². The highest BCUT2D eigenvalue weighted by Crippen LogP contribution is 2.33. The topological polar surface area (TPSA) is 200 Å². The number of azo groups is 2. The Labute approximate surface area is 384 Å². The van der Waals surface area contributed by atoms with Crippen LogP contribution in [-0.2, 0) is 19.2 Å². The van der Waals surface area contributed by atoms with Gasteiger partial charge in [0.05, 0.1) is 41.3 Å². The zero-order valence-electron chi connectivity index (χ0n) is 32.7. The summed E-state index contributed by atoms with van der Waals surface area (Å²) in [6.07, 6.45) is 0. The summed E-state index contributed by atoms with van der Waals surface area (Å²) in [5.41, 5.74) is 2.40. The van der Waals surface area contributed by atoms with Crippen LogP contribution < -0.4 is 21.3 Å². The summed E-state index contributed by atoms with van der Waals surface area (Å²) in [4.78, 5) is 78.0. The van der Waals surface area contributed by atoms with Crippen LogP contribution in [0.2, 0.25) is 30.1 Å². The van der Waals surface area contributed by atoms with Crippen molar-refractivity contribution in [3.05, 3.63) is 137 Å². The van der Waals surface area contributed by atoms with Gasteiger partial charge in [0.25, 0.3) is 23.6 Å². The van der Waals surface area contributed by atoms with E-state index in [1.807, 2.05) is 0 Å². The number of hydrogen-bond donors (Lipinski definition) is 4. The lowest BCUT2D eigenvalue weighted by Crippen LogP contribution is -2.33. The lowest BCUT2D eigenvalue weighted by molar-refractivity contribution is -0.127. The molecule has 0 spiro atoms. The van der Waals surface area contributed by atoms with Crippen molar-refractivity contribution in [1.82, 2.24) is 0 Å². The van der Waals surface area contributed by atoms with Crippen molar-refractivity contribution in [2.45, 2.75) is 39.8 Å². The maximum absolute atomic E-state index is 13.4. The molecule has 62 heavy (non-hydrogen) atoms. The number of rotatable bonds is 14. The smallest absolute Gasteiger partial charge is 0.258 e. The predicted molar refractivity (Wildman–Crippen MR) is 243 cm³/mol. The van der Waals surface area contributed by atoms with Crippen LogP contribution >= 0.6 is 69.6 Å². The fourth-order valence-electron chi connectivity index (χ4n) is 5.46. The van der Waals surface area contributed by atoms with E-state index < -0.39 is 47.3 Å². The Kier molecular flexibility index (Phi) is 15.9. The standard InChI is InChI=1S/C42H32Cl6N8O6/c1-19-20(2)32(52-42(62)38(22(4)58)56-54-34-10-6-8-26(36(34)48)40(60)50-24-12-14-28(44)30(46)18-24)16-15-31(19)51-41(61)37(21(3)57)55-53-33-9-5-7-25(35(33)47)39(59)49-23-11-13-27(43)29(45)17-23/h5-18,37-38H,1-4H3,(H,49,59)(H,50,60)(H,51,61)(H,52,62). The first-order valence-corrected chi connectivity index (χ1v) is 20.3. The first-order valence-electron chi connectivity index (χ1n) is 18.0. The molecule has 5 rings (SSSR count). The number of amides is 4. The molecule has 2 unspecified atom stereocenters. The van der Waals surface area contributed by atoms with E-state index in [9.17, 15) is 28.8 Å². The average Bonchev–Trinajstić information content (AvgIpc) is 3.21. The minimum Gasteiger partial charge on any atom is -0.324 e. The van der Waals surface area contributed by atoms with Gasteiger partial charge in [-0.05, 0) is 112 Å². The van der Waals surface area contributed by atoms with E-state index in [0.29, 0.717) is 32.5 Å². The number of carbonyl (C=O) groups is 6. The quantitative estimate of drug-likeness (QED) is 0.0630. The molecular formula is C42H32Cl6N8O6. The fraction of sp³-hybridized carbons (Fsp3) is 0.143. The van der Waals surface area contributed by atoms with Gasteiger partial charge in [-0.2, -0.15) is 20.5 Å². The van der Waals surface area contributed by atoms with E-state index in [4.69, 9.17) is 69.6 Å². The Morgan fingerprint density at radius 2 is 0.855 bits per heavy atom. The highest BCUT2D eigenvalue weighted by atomic mass is 35.5. The second-order valence-corrected chi connectivity index (χ2v) is 15.7. The van der Waals surface area contributed by atoms with Crippen LogP contribution in [-0.4, -0.2) is 47.3 Å². The van der Waals surface area contributed by atoms with Crippen molar-refractivity contribution >= 4 is 139 Å². The molecule has 0 aliphatic carbocycles. The van der Waals surface area contributed by atoms with Crippen LogP contribution in [0.3, 0.4) is 0 Å². The number of nitrogens with zero attached hydrogens (tertiary/aromatic N) is 4. The van der Waals surface area contributed by atoms with Gasteiger partial charge in [0.15, 0.2) is 11.6 Å². The highest BCUT2D eigenvalue weighted by Gasteiger charge is 2.27. The highest BCUT2D eigenvalue weighted by molar-refractivity contribution is 6.43. The van der Waals surface area contributed by atoms with E-state index >= 15 is 0 Å². The molecule has 318 valence electrons. The van der Waals surface area contributed by atoms with Gasteiger partial charge in [-0.3, -0.25) is 28.8 Å². The molecule has 0 saturated carbocycles. The molecule has 0 heterocycles. The van der Waals surface area contributed by atoms with Gasteiger partial charge in [0.1, 0.15) is 11.4 Å². The van der Waals surface area contributed by atoms with Gasteiger partial charge in [0.2, 0.25) is 12.1 Å². The maximum atomic E-state index is 13.4. The third-order valence-electron chi connectivity index (χ3n) is 8.93. The molecule has 2 atom stereocenters. The number of benzene rings is 5. The second-order valence-electron chi connectivity index (χ2n) is 13.3. The van der Waals surface area contributed by atoms with E-state index in [1.54, 1.807) is 26.0 Å². The molecule has 0 aliphatic heterocycles. The first-order chi connectivity index (χ1) is 29.4. The third kappa shape index (κ3) is 11.6. The number of hydrogen-bond acceptors (Lipinski definition) is 10. The Bertz CT molecular complexity index is 2530. The summed E-state index contributed by atoms with van der Waals surface area (Å²) < 4.78 is 0. The minimum absolute atomic E-state index is 0.0170. The molecule has 4 N–H and O–H groups in total. The number of anilines is 4. The SMILES string of the molecule is CC(=O)C(N=Nc1cccc(C(=O)Nc2ccc(Cl)c(Cl)c2)c1Cl)C(=O)Nc1ccc(NC(=O)C(N=Nc2cccc(C(=O)Nc3ccc(Cl)c(Cl)c3)c2Cl)C(C)=O)c(C)c1C. The van der Waals surface area contributed by atoms with Crippen molar-refractivity contribution in [3.63, 3.8) is 0 Å². The van der Waals surface area contributed by atoms with E-state index in [2.05, 4.69) is 41.7 Å². The van der Waals surface area contributed by atoms with Crippen molar-refractivity contribution in [3.8, 4) is 0 Å². The molecular weight excluding hydrogens is 925 g/mol. The van der Waals surface area contributed by atoms with Crippen molar-refractivity contribution in [2.24, 2.45) is 20.5 Å². The summed E-state index contributed by atoms with van der Waals surface area (Å²) in [5.74, 6) is -4.10. The maximum Gasteiger partial charge on any atom is 0.258 e. The van der Waals surface area contributed by atoms with Crippen LogP contribution in [0.4, 0.5) is 34.1 Å². The zero-order chi connectivity index (χ0) is 45.4. The average molecular weight is 957 g/mol. The Morgan fingerprint density at radius 1 is 0.484 bits per heavy atom. The van der Waals surface area contributed by atoms with Gasteiger partial charge in [0, 0.05) is 22.7 Å². The summed E-state index contributed by atoms with van der Waals surface area (Å²) in [7, 11) is 0. The summed E-state index contributed by atoms with van der Waals surface area (Å²) >= 11 is 37.0. The van der Waals surface area contributed by atoms with E-state index in [-0.39, 0.29) is 54.0 Å². The Hall–Kier alpha value is -5.74. The molecule has 5 aromatic rings. The van der Waals surface area contributed by atoms with Crippen LogP contribution in [0.1, 0.15) is 45.7 Å². The van der Waals surface area contributed by atoms with Gasteiger partial charge in [-0.25, -0.2) is 0 Å². The number of ketones is 2. The molecule has 0 saturated heterocycles. The third-order valence-corrected chi connectivity index (χ3v) is 11.2. The summed E-state index contributed by atoms with van der Waals surface area (Å²) in [6, 6.07) is 17.6. The number of nitrogens with one attached hydrogen (secondary N) is 4. The van der Waals surface area contributed by atoms with Gasteiger partial charge < -0.3 is 21.3 Å². The lowest BCUT2D eigenvalue weighted by atomic mass is 10.0. The lowest BCUT2D eigenvalue weighted by Gasteiger charge is -2.17. The van der Waals surface area contributed by atoms with Gasteiger partial charge in [-0.15, -0.1) is 0 Å². The normalized spacial score (nSPS) is 12.2. The molecule has 5 aromatic carbocycles. The molecule has 0 radical (unpaired) electrons. The Balaban J connectivity index is 1.26. The van der Waals surface area contributed by atoms with Crippen molar-refractivity contribution < 1.29 is 28.8 Å². The number of carbonyl (C=O) groups excluding carboxylic acids is 6. The molecule has 0 aliphatic rings. The van der Waals surface area contributed by atoms with Crippen LogP contribution in [0, 0.1) is 13.8 Å². The van der Waals surface area contributed by atoms with Crippen LogP contribution in [0.5, 0.6) is 0 Å².